The van der Waals surface area contributed by atoms with E-state index in [-0.39, 0.29) is 11.6 Å². The maximum atomic E-state index is 13.3. The van der Waals surface area contributed by atoms with E-state index >= 15 is 0 Å². The van der Waals surface area contributed by atoms with E-state index in [1.54, 1.807) is 0 Å². The fraction of sp³-hybridized carbons (Fsp3) is 0.636. The van der Waals surface area contributed by atoms with Gasteiger partial charge in [-0.25, -0.2) is 4.98 Å². The van der Waals surface area contributed by atoms with Gasteiger partial charge in [-0.1, -0.05) is 12.1 Å². The van der Waals surface area contributed by atoms with Crippen molar-refractivity contribution in [3.8, 4) is 0 Å². The highest BCUT2D eigenvalue weighted by Crippen LogP contribution is 2.36. The van der Waals surface area contributed by atoms with Crippen LogP contribution in [0.2, 0.25) is 0 Å². The number of para-hydroxylation sites is 1. The minimum atomic E-state index is -0.695. The van der Waals surface area contributed by atoms with Gasteiger partial charge in [-0.15, -0.1) is 0 Å². The Hall–Kier alpha value is -1.76. The van der Waals surface area contributed by atoms with Gasteiger partial charge in [-0.2, -0.15) is 0 Å². The number of benzene rings is 1. The standard InChI is InChI=1S/C22H29N3O3/c26-21-17-4-1-2-5-18(17)23-20(25(21)14-16-7-8-16)19-6-3-11-24(19)15-22(27)9-12-28-13-10-22/h1-2,4-5,16,19,27H,3,6-15H2. The van der Waals surface area contributed by atoms with Crippen LogP contribution in [0.1, 0.15) is 50.4 Å². The molecule has 1 aromatic carbocycles. The number of hydrogen-bond donors (Lipinski definition) is 1. The summed E-state index contributed by atoms with van der Waals surface area (Å²) in [5.74, 6) is 1.50. The van der Waals surface area contributed by atoms with Crippen molar-refractivity contribution >= 4 is 10.9 Å². The monoisotopic (exact) mass is 383 g/mol. The maximum absolute atomic E-state index is 13.3. The van der Waals surface area contributed by atoms with E-state index in [0.29, 0.717) is 43.9 Å². The molecule has 5 rings (SSSR count). The summed E-state index contributed by atoms with van der Waals surface area (Å²) in [6.07, 6.45) is 5.82. The summed E-state index contributed by atoms with van der Waals surface area (Å²) in [4.78, 5) is 20.6. The molecule has 0 spiro atoms. The Morgan fingerprint density at radius 3 is 2.75 bits per heavy atom. The predicted molar refractivity (Wildman–Crippen MR) is 107 cm³/mol. The van der Waals surface area contributed by atoms with Gasteiger partial charge in [0.25, 0.3) is 5.56 Å². The van der Waals surface area contributed by atoms with E-state index in [1.165, 1.54) is 12.8 Å². The molecule has 1 aromatic heterocycles. The lowest BCUT2D eigenvalue weighted by Gasteiger charge is -2.37. The zero-order chi connectivity index (χ0) is 19.1. The lowest BCUT2D eigenvalue weighted by Crippen LogP contribution is -2.47. The number of ether oxygens (including phenoxy) is 1. The highest BCUT2D eigenvalue weighted by molar-refractivity contribution is 5.77. The second-order valence-electron chi connectivity index (χ2n) is 8.81. The summed E-state index contributed by atoms with van der Waals surface area (Å²) < 4.78 is 7.38. The molecule has 1 saturated carbocycles. The van der Waals surface area contributed by atoms with Gasteiger partial charge < -0.3 is 9.84 Å². The Balaban J connectivity index is 1.52. The quantitative estimate of drug-likeness (QED) is 0.859. The first-order valence-electron chi connectivity index (χ1n) is 10.7. The number of hydrogen-bond acceptors (Lipinski definition) is 5. The van der Waals surface area contributed by atoms with Gasteiger partial charge in [-0.3, -0.25) is 14.3 Å². The minimum absolute atomic E-state index is 0.0872. The van der Waals surface area contributed by atoms with E-state index in [2.05, 4.69) is 4.90 Å². The maximum Gasteiger partial charge on any atom is 0.261 e. The van der Waals surface area contributed by atoms with Crippen LogP contribution in [0.15, 0.2) is 29.1 Å². The van der Waals surface area contributed by atoms with Gasteiger partial charge in [0.2, 0.25) is 0 Å². The Bertz CT molecular complexity index is 915. The van der Waals surface area contributed by atoms with Gasteiger partial charge in [0.05, 0.1) is 22.5 Å². The third-order valence-corrected chi connectivity index (χ3v) is 6.61. The summed E-state index contributed by atoms with van der Waals surface area (Å²) in [5, 5.41) is 11.7. The molecule has 150 valence electrons. The van der Waals surface area contributed by atoms with Gasteiger partial charge in [0.15, 0.2) is 0 Å². The number of nitrogens with zero attached hydrogens (tertiary/aromatic N) is 3. The molecule has 0 bridgehead atoms. The largest absolute Gasteiger partial charge is 0.388 e. The predicted octanol–water partition coefficient (Wildman–Crippen LogP) is 2.48. The van der Waals surface area contributed by atoms with E-state index < -0.39 is 5.60 Å². The van der Waals surface area contributed by atoms with Crippen molar-refractivity contribution in [3.05, 3.63) is 40.4 Å². The molecule has 28 heavy (non-hydrogen) atoms. The molecule has 3 fully saturated rings. The summed E-state index contributed by atoms with van der Waals surface area (Å²) in [6.45, 7) is 3.59. The molecule has 3 heterocycles. The molecule has 1 atom stereocenters. The van der Waals surface area contributed by atoms with E-state index in [4.69, 9.17) is 9.72 Å². The van der Waals surface area contributed by atoms with Gasteiger partial charge >= 0.3 is 0 Å². The Kier molecular flexibility index (Phi) is 4.73. The van der Waals surface area contributed by atoms with Crippen molar-refractivity contribution < 1.29 is 9.84 Å². The van der Waals surface area contributed by atoms with Crippen molar-refractivity contribution in [2.75, 3.05) is 26.3 Å². The topological polar surface area (TPSA) is 67.6 Å². The van der Waals surface area contributed by atoms with Crippen molar-refractivity contribution in [1.29, 1.82) is 0 Å². The number of aromatic nitrogens is 2. The van der Waals surface area contributed by atoms with Crippen molar-refractivity contribution in [2.24, 2.45) is 5.92 Å². The van der Waals surface area contributed by atoms with Gasteiger partial charge in [0.1, 0.15) is 5.82 Å². The average molecular weight is 383 g/mol. The zero-order valence-electron chi connectivity index (χ0n) is 16.3. The molecule has 1 unspecified atom stereocenters. The smallest absolute Gasteiger partial charge is 0.261 e. The van der Waals surface area contributed by atoms with Crippen LogP contribution in [0.4, 0.5) is 0 Å². The average Bonchev–Trinajstić information content (AvgIpc) is 3.41. The molecule has 1 aliphatic carbocycles. The molecular weight excluding hydrogens is 354 g/mol. The molecule has 0 radical (unpaired) electrons. The van der Waals surface area contributed by atoms with E-state index in [0.717, 1.165) is 37.3 Å². The van der Waals surface area contributed by atoms with Crippen LogP contribution in [0.25, 0.3) is 10.9 Å². The van der Waals surface area contributed by atoms with E-state index in [9.17, 15) is 9.90 Å². The van der Waals surface area contributed by atoms with Crippen LogP contribution in [-0.2, 0) is 11.3 Å². The van der Waals surface area contributed by atoms with Crippen LogP contribution in [0.5, 0.6) is 0 Å². The van der Waals surface area contributed by atoms with Crippen LogP contribution in [-0.4, -0.2) is 51.5 Å². The summed E-state index contributed by atoms with van der Waals surface area (Å²) in [6, 6.07) is 7.78. The first kappa shape index (κ1) is 18.3. The molecular formula is C22H29N3O3. The molecule has 6 heteroatoms. The number of β-amino-alcohol motifs (C(OH)–C–C–N with tert-alkyl or cyclic N) is 1. The minimum Gasteiger partial charge on any atom is -0.388 e. The van der Waals surface area contributed by atoms with Crippen molar-refractivity contribution in [2.45, 2.75) is 56.7 Å². The third-order valence-electron chi connectivity index (χ3n) is 6.61. The first-order chi connectivity index (χ1) is 13.6. The summed E-state index contributed by atoms with van der Waals surface area (Å²) in [7, 11) is 0. The lowest BCUT2D eigenvalue weighted by molar-refractivity contribution is -0.0820. The second kappa shape index (κ2) is 7.25. The molecule has 2 aliphatic heterocycles. The number of likely N-dealkylation sites (tertiary alicyclic amines) is 1. The Morgan fingerprint density at radius 2 is 1.96 bits per heavy atom. The Labute approximate surface area is 165 Å². The van der Waals surface area contributed by atoms with Crippen molar-refractivity contribution in [3.63, 3.8) is 0 Å². The molecule has 1 N–H and O–H groups in total. The fourth-order valence-corrected chi connectivity index (χ4v) is 4.77. The highest BCUT2D eigenvalue weighted by atomic mass is 16.5. The lowest BCUT2D eigenvalue weighted by atomic mass is 9.93. The number of fused-ring (bicyclic) bond motifs is 1. The third kappa shape index (κ3) is 3.49. The normalized spacial score (nSPS) is 25.4. The van der Waals surface area contributed by atoms with Crippen LogP contribution < -0.4 is 5.56 Å². The molecule has 6 nitrogen and oxygen atoms in total. The van der Waals surface area contributed by atoms with Crippen molar-refractivity contribution in [1.82, 2.24) is 14.5 Å². The second-order valence-corrected chi connectivity index (χ2v) is 8.81. The fourth-order valence-electron chi connectivity index (χ4n) is 4.77. The zero-order valence-corrected chi connectivity index (χ0v) is 16.3. The molecule has 3 aliphatic rings. The first-order valence-corrected chi connectivity index (χ1v) is 10.7. The van der Waals surface area contributed by atoms with Crippen LogP contribution in [0.3, 0.4) is 0 Å². The Morgan fingerprint density at radius 1 is 1.18 bits per heavy atom. The van der Waals surface area contributed by atoms with Crippen LogP contribution >= 0.6 is 0 Å². The number of aliphatic hydroxyl groups is 1. The summed E-state index contributed by atoms with van der Waals surface area (Å²) in [5.41, 5.74) is 0.176. The van der Waals surface area contributed by atoms with Gasteiger partial charge in [0, 0.05) is 39.1 Å². The highest BCUT2D eigenvalue weighted by Gasteiger charge is 2.38. The van der Waals surface area contributed by atoms with Gasteiger partial charge in [-0.05, 0) is 50.3 Å². The molecule has 0 amide bonds. The molecule has 2 saturated heterocycles. The summed E-state index contributed by atoms with van der Waals surface area (Å²) >= 11 is 0. The SMILES string of the molecule is O=c1c2ccccc2nc(C2CCCN2CC2(O)CCOCC2)n1CC1CC1. The van der Waals surface area contributed by atoms with E-state index in [1.807, 2.05) is 28.8 Å². The number of rotatable bonds is 5. The van der Waals surface area contributed by atoms with Crippen LogP contribution in [0, 0.1) is 5.92 Å². The molecule has 2 aromatic rings.